The Morgan fingerprint density at radius 3 is 2.65 bits per heavy atom. The quantitative estimate of drug-likeness (QED) is 0.354. The molecule has 1 aromatic rings. The average Bonchev–Trinajstić information content (AvgIpc) is 2.46. The standard InChI is InChI=1S/C15H15ClN2O5/c1-3-23-15(22)13(18-9(2)20)7-14(21)11-5-4-10(16)6-12(11)17-8-19/h4-6,13H,3,7H2,1-2H3,(H,18,20)/t13-/m0/s1. The van der Waals surface area contributed by atoms with E-state index in [0.29, 0.717) is 5.02 Å². The average molecular weight is 339 g/mol. The van der Waals surface area contributed by atoms with Crippen LogP contribution >= 0.6 is 11.6 Å². The molecule has 23 heavy (non-hydrogen) atoms. The van der Waals surface area contributed by atoms with Gasteiger partial charge in [-0.05, 0) is 25.1 Å². The van der Waals surface area contributed by atoms with Crippen molar-refractivity contribution >= 4 is 41.0 Å². The monoisotopic (exact) mass is 338 g/mol. The number of esters is 1. The third kappa shape index (κ3) is 5.65. The fourth-order valence-electron chi connectivity index (χ4n) is 1.86. The smallest absolute Gasteiger partial charge is 0.329 e. The van der Waals surface area contributed by atoms with Crippen LogP contribution in [0.4, 0.5) is 5.69 Å². The first-order chi connectivity index (χ1) is 10.9. The van der Waals surface area contributed by atoms with Crippen molar-refractivity contribution in [1.82, 2.24) is 5.32 Å². The number of carbonyl (C=O) groups excluding carboxylic acids is 4. The predicted octanol–water partition coefficient (Wildman–Crippen LogP) is 1.95. The second-order valence-electron chi connectivity index (χ2n) is 4.50. The molecule has 8 heteroatoms. The molecule has 0 saturated heterocycles. The number of nitrogens with zero attached hydrogens (tertiary/aromatic N) is 1. The van der Waals surface area contributed by atoms with Crippen LogP contribution in [0.5, 0.6) is 0 Å². The number of rotatable bonds is 7. The summed E-state index contributed by atoms with van der Waals surface area (Å²) < 4.78 is 4.83. The molecule has 122 valence electrons. The summed E-state index contributed by atoms with van der Waals surface area (Å²) in [7, 11) is 0. The summed E-state index contributed by atoms with van der Waals surface area (Å²) >= 11 is 5.79. The number of amides is 1. The van der Waals surface area contributed by atoms with E-state index in [4.69, 9.17) is 16.3 Å². The van der Waals surface area contributed by atoms with Gasteiger partial charge in [-0.25, -0.2) is 9.59 Å². The third-order valence-corrected chi connectivity index (χ3v) is 3.00. The van der Waals surface area contributed by atoms with Gasteiger partial charge in [0.15, 0.2) is 5.78 Å². The lowest BCUT2D eigenvalue weighted by Gasteiger charge is -2.16. The van der Waals surface area contributed by atoms with Crippen LogP contribution in [0.25, 0.3) is 0 Å². The zero-order valence-electron chi connectivity index (χ0n) is 12.6. The fraction of sp³-hybridized carbons (Fsp3) is 0.333. The zero-order valence-corrected chi connectivity index (χ0v) is 13.3. The molecule has 0 radical (unpaired) electrons. The van der Waals surface area contributed by atoms with Gasteiger partial charge in [0.1, 0.15) is 6.04 Å². The number of ketones is 1. The van der Waals surface area contributed by atoms with Crippen LogP contribution in [0.15, 0.2) is 23.2 Å². The number of hydrogen-bond acceptors (Lipinski definition) is 6. The molecule has 1 amide bonds. The molecular weight excluding hydrogens is 324 g/mol. The van der Waals surface area contributed by atoms with Gasteiger partial charge in [-0.3, -0.25) is 9.59 Å². The van der Waals surface area contributed by atoms with Gasteiger partial charge in [-0.2, -0.15) is 4.99 Å². The van der Waals surface area contributed by atoms with Crippen molar-refractivity contribution in [3.8, 4) is 0 Å². The molecule has 0 unspecified atom stereocenters. The van der Waals surface area contributed by atoms with Crippen LogP contribution in [0.1, 0.15) is 30.6 Å². The highest BCUT2D eigenvalue weighted by atomic mass is 35.5. The molecule has 1 rings (SSSR count). The maximum Gasteiger partial charge on any atom is 0.329 e. The summed E-state index contributed by atoms with van der Waals surface area (Å²) in [6.45, 7) is 2.95. The molecule has 0 saturated carbocycles. The van der Waals surface area contributed by atoms with Crippen LogP contribution in [-0.4, -0.2) is 36.4 Å². The molecule has 0 spiro atoms. The van der Waals surface area contributed by atoms with Gasteiger partial charge in [0.05, 0.1) is 12.3 Å². The highest BCUT2D eigenvalue weighted by Gasteiger charge is 2.25. The van der Waals surface area contributed by atoms with Crippen molar-refractivity contribution in [2.24, 2.45) is 4.99 Å². The highest BCUT2D eigenvalue weighted by molar-refractivity contribution is 6.31. The number of ether oxygens (including phenoxy) is 1. The first kappa shape index (κ1) is 18.5. The Morgan fingerprint density at radius 1 is 1.39 bits per heavy atom. The topological polar surface area (TPSA) is 102 Å². The molecule has 0 fully saturated rings. The number of benzene rings is 1. The van der Waals surface area contributed by atoms with E-state index in [1.165, 1.54) is 31.2 Å². The number of halogens is 1. The van der Waals surface area contributed by atoms with E-state index < -0.39 is 23.7 Å². The van der Waals surface area contributed by atoms with E-state index in [2.05, 4.69) is 10.3 Å². The molecule has 0 heterocycles. The number of hydrogen-bond donors (Lipinski definition) is 1. The minimum Gasteiger partial charge on any atom is -0.464 e. The maximum absolute atomic E-state index is 12.4. The Labute approximate surface area is 137 Å². The molecule has 1 aromatic carbocycles. The fourth-order valence-corrected chi connectivity index (χ4v) is 2.03. The minimum absolute atomic E-state index is 0.0444. The Bertz CT molecular complexity index is 668. The number of nitrogens with one attached hydrogen (secondary N) is 1. The molecular formula is C15H15ClN2O5. The van der Waals surface area contributed by atoms with Gasteiger partial charge in [0, 0.05) is 23.9 Å². The van der Waals surface area contributed by atoms with Gasteiger partial charge >= 0.3 is 5.97 Å². The molecule has 1 atom stereocenters. The summed E-state index contributed by atoms with van der Waals surface area (Å²) in [4.78, 5) is 49.2. The van der Waals surface area contributed by atoms with Crippen LogP contribution in [0.2, 0.25) is 5.02 Å². The number of isocyanates is 1. The van der Waals surface area contributed by atoms with Crippen molar-refractivity contribution in [2.75, 3.05) is 6.61 Å². The van der Waals surface area contributed by atoms with Crippen molar-refractivity contribution in [1.29, 1.82) is 0 Å². The number of carbonyl (C=O) groups is 3. The summed E-state index contributed by atoms with van der Waals surface area (Å²) in [5, 5.41) is 2.65. The first-order valence-electron chi connectivity index (χ1n) is 6.73. The molecule has 0 aromatic heterocycles. The van der Waals surface area contributed by atoms with E-state index in [1.54, 1.807) is 6.92 Å². The van der Waals surface area contributed by atoms with Crippen molar-refractivity contribution in [3.63, 3.8) is 0 Å². The summed E-state index contributed by atoms with van der Waals surface area (Å²) in [5.41, 5.74) is 0.139. The predicted molar refractivity (Wildman–Crippen MR) is 82.4 cm³/mol. The van der Waals surface area contributed by atoms with Gasteiger partial charge in [-0.1, -0.05) is 11.6 Å². The van der Waals surface area contributed by atoms with Crippen LogP contribution in [0, 0.1) is 0 Å². The Balaban J connectivity index is 3.05. The van der Waals surface area contributed by atoms with E-state index >= 15 is 0 Å². The van der Waals surface area contributed by atoms with Gasteiger partial charge in [0.25, 0.3) is 0 Å². The van der Waals surface area contributed by atoms with E-state index in [9.17, 15) is 19.2 Å². The van der Waals surface area contributed by atoms with Gasteiger partial charge in [0.2, 0.25) is 12.0 Å². The lowest BCUT2D eigenvalue weighted by molar-refractivity contribution is -0.147. The Kier molecular flexibility index (Phi) is 7.12. The SMILES string of the molecule is CCOC(=O)[C@H](CC(=O)c1ccc(Cl)cc1N=C=O)NC(C)=O. The van der Waals surface area contributed by atoms with Crippen LogP contribution < -0.4 is 5.32 Å². The number of aliphatic imine (C=N–C) groups is 1. The third-order valence-electron chi connectivity index (χ3n) is 2.76. The lowest BCUT2D eigenvalue weighted by atomic mass is 10.0. The van der Waals surface area contributed by atoms with Crippen molar-refractivity contribution in [3.05, 3.63) is 28.8 Å². The summed E-state index contributed by atoms with van der Waals surface area (Å²) in [5.74, 6) is -1.69. The second-order valence-corrected chi connectivity index (χ2v) is 4.93. The molecule has 1 N–H and O–H groups in total. The van der Waals surface area contributed by atoms with E-state index in [-0.39, 0.29) is 24.3 Å². The zero-order chi connectivity index (χ0) is 17.4. The molecule has 0 aliphatic carbocycles. The molecule has 0 aliphatic rings. The van der Waals surface area contributed by atoms with Crippen molar-refractivity contribution in [2.45, 2.75) is 26.3 Å². The minimum atomic E-state index is -1.12. The summed E-state index contributed by atoms with van der Waals surface area (Å²) in [6.07, 6.45) is 1.01. The van der Waals surface area contributed by atoms with Crippen molar-refractivity contribution < 1.29 is 23.9 Å². The highest BCUT2D eigenvalue weighted by Crippen LogP contribution is 2.25. The Hall–Kier alpha value is -2.50. The second kappa shape index (κ2) is 8.82. The van der Waals surface area contributed by atoms with E-state index in [1.807, 2.05) is 0 Å². The number of Topliss-reactive ketones (excluding diaryl/α,β-unsaturated/α-hetero) is 1. The molecule has 0 bridgehead atoms. The first-order valence-corrected chi connectivity index (χ1v) is 7.11. The normalized spacial score (nSPS) is 11.1. The maximum atomic E-state index is 12.4. The Morgan fingerprint density at radius 2 is 2.09 bits per heavy atom. The van der Waals surface area contributed by atoms with Gasteiger partial charge < -0.3 is 10.1 Å². The molecule has 0 aliphatic heterocycles. The van der Waals surface area contributed by atoms with Crippen LogP contribution in [0.3, 0.4) is 0 Å². The lowest BCUT2D eigenvalue weighted by Crippen LogP contribution is -2.42. The van der Waals surface area contributed by atoms with Gasteiger partial charge in [-0.15, -0.1) is 0 Å². The largest absolute Gasteiger partial charge is 0.464 e. The molecule has 7 nitrogen and oxygen atoms in total. The van der Waals surface area contributed by atoms with E-state index in [0.717, 1.165) is 0 Å². The summed E-state index contributed by atoms with van der Waals surface area (Å²) in [6, 6.07) is 3.05. The van der Waals surface area contributed by atoms with Crippen LogP contribution in [-0.2, 0) is 19.1 Å².